The van der Waals surface area contributed by atoms with E-state index in [1.807, 2.05) is 0 Å². The number of benzene rings is 1. The molecular formula is C16H24ClFN2. The highest BCUT2D eigenvalue weighted by Gasteiger charge is 2.17. The summed E-state index contributed by atoms with van der Waals surface area (Å²) in [6.45, 7) is 7.11. The molecule has 0 spiro atoms. The number of nitrogens with one attached hydrogen (secondary N) is 1. The van der Waals surface area contributed by atoms with Crippen molar-refractivity contribution in [3.8, 4) is 0 Å². The van der Waals surface area contributed by atoms with Crippen molar-refractivity contribution in [3.05, 3.63) is 34.6 Å². The monoisotopic (exact) mass is 298 g/mol. The molecule has 2 rings (SSSR count). The summed E-state index contributed by atoms with van der Waals surface area (Å²) >= 11 is 5.98. The van der Waals surface area contributed by atoms with E-state index in [0.29, 0.717) is 17.1 Å². The predicted octanol–water partition coefficient (Wildman–Crippen LogP) is 3.69. The molecule has 1 aromatic rings. The second-order valence-electron chi connectivity index (χ2n) is 5.66. The molecule has 1 aromatic carbocycles. The Morgan fingerprint density at radius 3 is 2.80 bits per heavy atom. The summed E-state index contributed by atoms with van der Waals surface area (Å²) in [6, 6.07) is 4.83. The first-order valence-corrected chi connectivity index (χ1v) is 7.94. The smallest absolute Gasteiger partial charge is 0.127 e. The second-order valence-corrected chi connectivity index (χ2v) is 6.10. The Balaban J connectivity index is 1.98. The zero-order valence-corrected chi connectivity index (χ0v) is 12.9. The highest BCUT2D eigenvalue weighted by atomic mass is 35.5. The van der Waals surface area contributed by atoms with Gasteiger partial charge in [-0.2, -0.15) is 0 Å². The summed E-state index contributed by atoms with van der Waals surface area (Å²) in [5, 5.41) is 4.00. The van der Waals surface area contributed by atoms with Crippen molar-refractivity contribution >= 4 is 11.6 Å². The summed E-state index contributed by atoms with van der Waals surface area (Å²) in [6.07, 6.45) is 3.53. The van der Waals surface area contributed by atoms with Crippen molar-refractivity contribution in [2.75, 3.05) is 26.2 Å². The van der Waals surface area contributed by atoms with Crippen LogP contribution >= 0.6 is 11.6 Å². The Morgan fingerprint density at radius 2 is 2.10 bits per heavy atom. The van der Waals surface area contributed by atoms with Gasteiger partial charge in [0, 0.05) is 23.7 Å². The van der Waals surface area contributed by atoms with Crippen LogP contribution in [0, 0.1) is 11.7 Å². The maximum Gasteiger partial charge on any atom is 0.127 e. The van der Waals surface area contributed by atoms with Gasteiger partial charge in [0.2, 0.25) is 0 Å². The van der Waals surface area contributed by atoms with Crippen LogP contribution < -0.4 is 5.32 Å². The van der Waals surface area contributed by atoms with Gasteiger partial charge in [-0.25, -0.2) is 4.39 Å². The molecule has 0 amide bonds. The number of rotatable bonds is 6. The predicted molar refractivity (Wildman–Crippen MR) is 82.6 cm³/mol. The maximum absolute atomic E-state index is 13.9. The third-order valence-electron chi connectivity index (χ3n) is 3.92. The quantitative estimate of drug-likeness (QED) is 0.861. The molecule has 2 nitrogen and oxygen atoms in total. The van der Waals surface area contributed by atoms with Gasteiger partial charge in [0.15, 0.2) is 0 Å². The molecule has 0 radical (unpaired) electrons. The number of hydrogen-bond acceptors (Lipinski definition) is 2. The molecule has 0 aromatic heterocycles. The van der Waals surface area contributed by atoms with Gasteiger partial charge < -0.3 is 5.32 Å². The molecule has 0 aliphatic carbocycles. The van der Waals surface area contributed by atoms with Gasteiger partial charge in [0.1, 0.15) is 5.82 Å². The zero-order chi connectivity index (χ0) is 14.4. The Kier molecular flexibility index (Phi) is 6.27. The number of nitrogens with zero attached hydrogens (tertiary/aromatic N) is 1. The zero-order valence-electron chi connectivity index (χ0n) is 12.2. The number of piperidine rings is 1. The Bertz CT molecular complexity index is 419. The lowest BCUT2D eigenvalue weighted by atomic mass is 9.97. The lowest BCUT2D eigenvalue weighted by molar-refractivity contribution is 0.197. The highest BCUT2D eigenvalue weighted by molar-refractivity contribution is 6.30. The Morgan fingerprint density at radius 1 is 1.35 bits per heavy atom. The van der Waals surface area contributed by atoms with E-state index < -0.39 is 0 Å². The summed E-state index contributed by atoms with van der Waals surface area (Å²) < 4.78 is 13.9. The molecule has 4 heteroatoms. The fourth-order valence-corrected chi connectivity index (χ4v) is 3.08. The first-order valence-electron chi connectivity index (χ1n) is 7.56. The molecule has 112 valence electrons. The molecule has 0 bridgehead atoms. The van der Waals surface area contributed by atoms with Crippen LogP contribution in [0.4, 0.5) is 4.39 Å². The van der Waals surface area contributed by atoms with E-state index in [-0.39, 0.29) is 5.82 Å². The van der Waals surface area contributed by atoms with E-state index in [1.165, 1.54) is 18.9 Å². The maximum atomic E-state index is 13.9. The van der Waals surface area contributed by atoms with E-state index in [4.69, 9.17) is 11.6 Å². The van der Waals surface area contributed by atoms with Crippen LogP contribution in [-0.4, -0.2) is 31.1 Å². The highest BCUT2D eigenvalue weighted by Crippen LogP contribution is 2.19. The van der Waals surface area contributed by atoms with Crippen LogP contribution in [0.1, 0.15) is 31.7 Å². The summed E-state index contributed by atoms with van der Waals surface area (Å²) in [7, 11) is 0. The van der Waals surface area contributed by atoms with Crippen LogP contribution in [0.3, 0.4) is 0 Å². The second kappa shape index (κ2) is 7.96. The van der Waals surface area contributed by atoms with Gasteiger partial charge >= 0.3 is 0 Å². The molecule has 0 atom stereocenters. The molecular weight excluding hydrogens is 275 g/mol. The van der Waals surface area contributed by atoms with E-state index in [9.17, 15) is 4.39 Å². The third-order valence-corrected chi connectivity index (χ3v) is 4.15. The molecule has 0 unspecified atom stereocenters. The molecule has 1 N–H and O–H groups in total. The molecule has 20 heavy (non-hydrogen) atoms. The van der Waals surface area contributed by atoms with Gasteiger partial charge in [0.05, 0.1) is 0 Å². The molecule has 1 heterocycles. The molecule has 1 aliphatic heterocycles. The average Bonchev–Trinajstić information content (AvgIpc) is 2.44. The fourth-order valence-electron chi connectivity index (χ4n) is 2.89. The van der Waals surface area contributed by atoms with Crippen molar-refractivity contribution in [1.29, 1.82) is 0 Å². The Hall–Kier alpha value is -0.640. The van der Waals surface area contributed by atoms with Crippen LogP contribution in [-0.2, 0) is 6.54 Å². The lowest BCUT2D eigenvalue weighted by Gasteiger charge is -2.30. The van der Waals surface area contributed by atoms with Crippen molar-refractivity contribution in [2.45, 2.75) is 32.7 Å². The van der Waals surface area contributed by atoms with Crippen molar-refractivity contribution in [2.24, 2.45) is 5.92 Å². The average molecular weight is 299 g/mol. The van der Waals surface area contributed by atoms with Crippen LogP contribution in [0.25, 0.3) is 0 Å². The van der Waals surface area contributed by atoms with Crippen molar-refractivity contribution < 1.29 is 4.39 Å². The van der Waals surface area contributed by atoms with Gasteiger partial charge in [-0.05, 0) is 63.0 Å². The van der Waals surface area contributed by atoms with E-state index in [0.717, 1.165) is 38.5 Å². The summed E-state index contributed by atoms with van der Waals surface area (Å²) in [5.74, 6) is 0.575. The number of hydrogen-bond donors (Lipinski definition) is 1. The number of halogens is 2. The van der Waals surface area contributed by atoms with Gasteiger partial charge in [-0.3, -0.25) is 4.90 Å². The van der Waals surface area contributed by atoms with Crippen molar-refractivity contribution in [1.82, 2.24) is 10.2 Å². The standard InChI is InChI=1S/C16H24ClFN2/c1-2-9-20(11-13-5-7-19-8-6-13)12-14-10-15(17)3-4-16(14)18/h3-4,10,13,19H,2,5-9,11-12H2,1H3. The molecule has 1 saturated heterocycles. The topological polar surface area (TPSA) is 15.3 Å². The van der Waals surface area contributed by atoms with Gasteiger partial charge in [0.25, 0.3) is 0 Å². The minimum absolute atomic E-state index is 0.152. The van der Waals surface area contributed by atoms with Crippen LogP contribution in [0.15, 0.2) is 18.2 Å². The van der Waals surface area contributed by atoms with Gasteiger partial charge in [-0.1, -0.05) is 18.5 Å². The van der Waals surface area contributed by atoms with Crippen molar-refractivity contribution in [3.63, 3.8) is 0 Å². The normalized spacial score (nSPS) is 16.8. The first-order chi connectivity index (χ1) is 9.69. The SMILES string of the molecule is CCCN(Cc1cc(Cl)ccc1F)CC1CCNCC1. The summed E-state index contributed by atoms with van der Waals surface area (Å²) in [4.78, 5) is 2.37. The fraction of sp³-hybridized carbons (Fsp3) is 0.625. The summed E-state index contributed by atoms with van der Waals surface area (Å²) in [5.41, 5.74) is 0.708. The molecule has 0 saturated carbocycles. The van der Waals surface area contributed by atoms with E-state index in [2.05, 4.69) is 17.1 Å². The minimum Gasteiger partial charge on any atom is -0.317 e. The van der Waals surface area contributed by atoms with E-state index in [1.54, 1.807) is 12.1 Å². The van der Waals surface area contributed by atoms with Gasteiger partial charge in [-0.15, -0.1) is 0 Å². The van der Waals surface area contributed by atoms with Crippen LogP contribution in [0.2, 0.25) is 5.02 Å². The first kappa shape index (κ1) is 15.7. The van der Waals surface area contributed by atoms with Crippen LogP contribution in [0.5, 0.6) is 0 Å². The molecule has 1 aliphatic rings. The van der Waals surface area contributed by atoms with E-state index >= 15 is 0 Å². The largest absolute Gasteiger partial charge is 0.317 e. The molecule has 1 fully saturated rings. The minimum atomic E-state index is -0.152. The Labute approximate surface area is 126 Å². The third kappa shape index (κ3) is 4.72. The lowest BCUT2D eigenvalue weighted by Crippen LogP contribution is -2.36.